The van der Waals surface area contributed by atoms with E-state index in [0.717, 1.165) is 12.5 Å². The Morgan fingerprint density at radius 2 is 2.10 bits per heavy atom. The highest BCUT2D eigenvalue weighted by atomic mass is 32.2. The number of hydrogen-bond acceptors (Lipinski definition) is 6. The lowest BCUT2D eigenvalue weighted by molar-refractivity contribution is 0.0690. The molecule has 0 amide bonds. The second-order valence-electron chi connectivity index (χ2n) is 3.94. The fourth-order valence-electron chi connectivity index (χ4n) is 1.49. The first-order valence-corrected chi connectivity index (χ1v) is 7.36. The number of carboxylic acid groups (broad SMARTS) is 1. The minimum Gasteiger partial charge on any atom is -0.483 e. The zero-order chi connectivity index (χ0) is 14.8. The van der Waals surface area contributed by atoms with E-state index in [9.17, 15) is 13.2 Å². The summed E-state index contributed by atoms with van der Waals surface area (Å²) in [6.45, 7) is -0.167. The summed E-state index contributed by atoms with van der Waals surface area (Å²) < 4.78 is 33.3. The molecule has 0 saturated heterocycles. The van der Waals surface area contributed by atoms with Gasteiger partial charge in [-0.15, -0.1) is 0 Å². The molecule has 0 saturated carbocycles. The van der Waals surface area contributed by atoms with Gasteiger partial charge in [-0.3, -0.25) is 0 Å². The molecule has 0 fully saturated rings. The van der Waals surface area contributed by atoms with Crippen molar-refractivity contribution >= 4 is 15.8 Å². The third kappa shape index (κ3) is 3.15. The maximum absolute atomic E-state index is 11.6. The van der Waals surface area contributed by atoms with Crippen molar-refractivity contribution in [1.82, 2.24) is 4.98 Å². The van der Waals surface area contributed by atoms with E-state index in [2.05, 4.69) is 4.98 Å². The number of nitrogens with zero attached hydrogens (tertiary/aromatic N) is 1. The lowest BCUT2D eigenvalue weighted by Gasteiger charge is -2.08. The first kappa shape index (κ1) is 14.1. The van der Waals surface area contributed by atoms with E-state index in [1.54, 1.807) is 12.1 Å². The molecule has 0 aliphatic carbocycles. The van der Waals surface area contributed by atoms with Crippen LogP contribution < -0.4 is 4.74 Å². The fraction of sp³-hybridized carbons (Fsp3) is 0.167. The van der Waals surface area contributed by atoms with Gasteiger partial charge in [0, 0.05) is 6.26 Å². The van der Waals surface area contributed by atoms with Gasteiger partial charge in [0.25, 0.3) is 0 Å². The Labute approximate surface area is 114 Å². The van der Waals surface area contributed by atoms with Gasteiger partial charge in [-0.1, -0.05) is 12.1 Å². The molecule has 1 heterocycles. The van der Waals surface area contributed by atoms with Gasteiger partial charge in [-0.05, 0) is 12.1 Å². The van der Waals surface area contributed by atoms with Gasteiger partial charge in [0.15, 0.2) is 22.1 Å². The Kier molecular flexibility index (Phi) is 3.75. The molecule has 2 aromatic rings. The number of ether oxygens (including phenoxy) is 1. The molecule has 7 nitrogen and oxygen atoms in total. The van der Waals surface area contributed by atoms with Crippen molar-refractivity contribution in [3.63, 3.8) is 0 Å². The average molecular weight is 297 g/mol. The average Bonchev–Trinajstić information content (AvgIpc) is 2.84. The molecule has 0 unspecified atom stereocenters. The van der Waals surface area contributed by atoms with Gasteiger partial charge in [-0.25, -0.2) is 18.2 Å². The standard InChI is InChI=1S/C12H11NO6S/c1-20(16,17)10-5-3-2-4-9(10)18-7-11-13-8(6-19-11)12(14)15/h2-6H,7H2,1H3,(H,14,15). The molecule has 0 radical (unpaired) electrons. The minimum atomic E-state index is -3.42. The van der Waals surface area contributed by atoms with Crippen molar-refractivity contribution in [2.24, 2.45) is 0 Å². The number of benzene rings is 1. The molecular weight excluding hydrogens is 286 g/mol. The third-order valence-electron chi connectivity index (χ3n) is 2.37. The second-order valence-corrected chi connectivity index (χ2v) is 5.92. The summed E-state index contributed by atoms with van der Waals surface area (Å²) in [5, 5.41) is 8.69. The van der Waals surface area contributed by atoms with Crippen molar-refractivity contribution in [1.29, 1.82) is 0 Å². The van der Waals surface area contributed by atoms with Gasteiger partial charge in [0.2, 0.25) is 5.89 Å². The molecule has 0 aliphatic heterocycles. The van der Waals surface area contributed by atoms with Crippen LogP contribution in [0, 0.1) is 0 Å². The van der Waals surface area contributed by atoms with Crippen LogP contribution in [0.5, 0.6) is 5.75 Å². The Balaban J connectivity index is 2.17. The van der Waals surface area contributed by atoms with Crippen LogP contribution in [-0.4, -0.2) is 30.7 Å². The normalized spacial score (nSPS) is 11.2. The lowest BCUT2D eigenvalue weighted by Crippen LogP contribution is -2.04. The van der Waals surface area contributed by atoms with E-state index in [-0.39, 0.29) is 28.8 Å². The maximum atomic E-state index is 11.6. The first-order chi connectivity index (χ1) is 9.38. The zero-order valence-electron chi connectivity index (χ0n) is 10.4. The van der Waals surface area contributed by atoms with Gasteiger partial charge in [0.1, 0.15) is 16.9 Å². The third-order valence-corrected chi connectivity index (χ3v) is 3.51. The largest absolute Gasteiger partial charge is 0.483 e. The molecule has 1 aromatic heterocycles. The lowest BCUT2D eigenvalue weighted by atomic mass is 10.3. The molecule has 8 heteroatoms. The summed E-state index contributed by atoms with van der Waals surface area (Å²) >= 11 is 0. The number of oxazole rings is 1. The molecule has 0 atom stereocenters. The summed E-state index contributed by atoms with van der Waals surface area (Å²) in [6.07, 6.45) is 2.06. The van der Waals surface area contributed by atoms with Crippen LogP contribution in [-0.2, 0) is 16.4 Å². The number of carbonyl (C=O) groups is 1. The van der Waals surface area contributed by atoms with Crippen LogP contribution in [0.25, 0.3) is 0 Å². The molecular formula is C12H11NO6S. The van der Waals surface area contributed by atoms with Crippen molar-refractivity contribution in [3.05, 3.63) is 42.1 Å². The Hall–Kier alpha value is -2.35. The monoisotopic (exact) mass is 297 g/mol. The number of hydrogen-bond donors (Lipinski definition) is 1. The van der Waals surface area contributed by atoms with Crippen molar-refractivity contribution in [2.75, 3.05) is 6.26 Å². The van der Waals surface area contributed by atoms with Crippen LogP contribution in [0.2, 0.25) is 0 Å². The van der Waals surface area contributed by atoms with Crippen LogP contribution >= 0.6 is 0 Å². The van der Waals surface area contributed by atoms with Crippen LogP contribution in [0.15, 0.2) is 39.8 Å². The smallest absolute Gasteiger partial charge is 0.357 e. The number of para-hydroxylation sites is 1. The number of carboxylic acids is 1. The fourth-order valence-corrected chi connectivity index (χ4v) is 2.31. The van der Waals surface area contributed by atoms with Crippen LogP contribution in [0.1, 0.15) is 16.4 Å². The van der Waals surface area contributed by atoms with Gasteiger partial charge < -0.3 is 14.3 Å². The highest BCUT2D eigenvalue weighted by molar-refractivity contribution is 7.90. The highest BCUT2D eigenvalue weighted by Gasteiger charge is 2.15. The number of aromatic nitrogens is 1. The second kappa shape index (κ2) is 5.33. The topological polar surface area (TPSA) is 107 Å². The first-order valence-electron chi connectivity index (χ1n) is 5.47. The molecule has 0 aliphatic rings. The molecule has 2 rings (SSSR count). The van der Waals surface area contributed by atoms with Crippen molar-refractivity contribution in [2.45, 2.75) is 11.5 Å². The van der Waals surface area contributed by atoms with Crippen molar-refractivity contribution in [3.8, 4) is 5.75 Å². The number of aromatic carboxylic acids is 1. The maximum Gasteiger partial charge on any atom is 0.357 e. The summed E-state index contributed by atoms with van der Waals surface area (Å²) in [6, 6.07) is 6.12. The van der Waals surface area contributed by atoms with E-state index in [0.29, 0.717) is 0 Å². The van der Waals surface area contributed by atoms with E-state index < -0.39 is 15.8 Å². The molecule has 0 spiro atoms. The van der Waals surface area contributed by atoms with Gasteiger partial charge in [-0.2, -0.15) is 0 Å². The van der Waals surface area contributed by atoms with Gasteiger partial charge in [0.05, 0.1) is 0 Å². The molecule has 106 valence electrons. The minimum absolute atomic E-state index is 0.0463. The van der Waals surface area contributed by atoms with E-state index >= 15 is 0 Å². The summed E-state index contributed by atoms with van der Waals surface area (Å²) in [7, 11) is -3.42. The van der Waals surface area contributed by atoms with Gasteiger partial charge >= 0.3 is 5.97 Å². The molecule has 20 heavy (non-hydrogen) atoms. The summed E-state index contributed by atoms with van der Waals surface area (Å²) in [4.78, 5) is 14.4. The van der Waals surface area contributed by atoms with E-state index in [1.807, 2.05) is 0 Å². The van der Waals surface area contributed by atoms with Crippen LogP contribution in [0.4, 0.5) is 0 Å². The number of rotatable bonds is 5. The Morgan fingerprint density at radius 1 is 1.40 bits per heavy atom. The highest BCUT2D eigenvalue weighted by Crippen LogP contribution is 2.23. The summed E-state index contributed by atoms with van der Waals surface area (Å²) in [5.74, 6) is -1.01. The predicted molar refractivity (Wildman–Crippen MR) is 67.3 cm³/mol. The van der Waals surface area contributed by atoms with E-state index in [4.69, 9.17) is 14.3 Å². The van der Waals surface area contributed by atoms with Crippen LogP contribution in [0.3, 0.4) is 0 Å². The molecule has 1 aromatic carbocycles. The van der Waals surface area contributed by atoms with E-state index in [1.165, 1.54) is 12.1 Å². The molecule has 1 N–H and O–H groups in total. The quantitative estimate of drug-likeness (QED) is 0.887. The zero-order valence-corrected chi connectivity index (χ0v) is 11.3. The predicted octanol–water partition coefficient (Wildman–Crippen LogP) is 1.36. The molecule has 0 bridgehead atoms. The summed E-state index contributed by atoms with van der Waals surface area (Å²) in [5.41, 5.74) is -0.236. The Bertz CT molecular complexity index is 734. The Morgan fingerprint density at radius 3 is 2.70 bits per heavy atom. The SMILES string of the molecule is CS(=O)(=O)c1ccccc1OCc1nc(C(=O)O)co1. The van der Waals surface area contributed by atoms with Crippen molar-refractivity contribution < 1.29 is 27.5 Å². The number of sulfone groups is 1.